The second-order valence-electron chi connectivity index (χ2n) is 5.24. The monoisotopic (exact) mass is 282 g/mol. The Kier molecular flexibility index (Phi) is 3.41. The van der Waals surface area contributed by atoms with E-state index in [1.165, 1.54) is 0 Å². The van der Waals surface area contributed by atoms with Gasteiger partial charge in [-0.05, 0) is 32.1 Å². The van der Waals surface area contributed by atoms with E-state index in [9.17, 15) is 4.39 Å². The van der Waals surface area contributed by atoms with Crippen molar-refractivity contribution >= 4 is 22.6 Å². The first-order valence-corrected chi connectivity index (χ1v) is 6.82. The minimum atomic E-state index is -0.781. The molecule has 1 fully saturated rings. The van der Waals surface area contributed by atoms with E-state index in [4.69, 9.17) is 11.6 Å². The Balaban J connectivity index is 1.81. The zero-order valence-electron chi connectivity index (χ0n) is 10.8. The normalized spacial score (nSPS) is 25.0. The summed E-state index contributed by atoms with van der Waals surface area (Å²) in [5.74, 6) is 0.0456. The Morgan fingerprint density at radius 3 is 3.11 bits per heavy atom. The molecule has 0 N–H and O–H groups in total. The molecule has 0 radical (unpaired) electrons. The molecule has 1 unspecified atom stereocenters. The minimum Gasteiger partial charge on any atom is -0.331 e. The molecular formula is C13H16ClFN4. The maximum absolute atomic E-state index is 14.0. The summed E-state index contributed by atoms with van der Waals surface area (Å²) in [6, 6.07) is 3.72. The van der Waals surface area contributed by atoms with Gasteiger partial charge in [-0.25, -0.2) is 4.39 Å². The van der Waals surface area contributed by atoms with Gasteiger partial charge >= 0.3 is 0 Å². The predicted octanol–water partition coefficient (Wildman–Crippen LogP) is 2.37. The highest BCUT2D eigenvalue weighted by Crippen LogP contribution is 2.24. The molecule has 102 valence electrons. The molecule has 19 heavy (non-hydrogen) atoms. The van der Waals surface area contributed by atoms with Crippen molar-refractivity contribution in [3.63, 3.8) is 0 Å². The number of nitrogens with zero attached hydrogens (tertiary/aromatic N) is 4. The van der Waals surface area contributed by atoms with Crippen LogP contribution in [0.15, 0.2) is 18.3 Å². The van der Waals surface area contributed by atoms with Crippen LogP contribution >= 0.6 is 11.6 Å². The van der Waals surface area contributed by atoms with Crippen LogP contribution in [0.5, 0.6) is 0 Å². The third-order valence-electron chi connectivity index (χ3n) is 3.79. The van der Waals surface area contributed by atoms with Crippen molar-refractivity contribution in [1.29, 1.82) is 0 Å². The van der Waals surface area contributed by atoms with Gasteiger partial charge in [0.25, 0.3) is 0 Å². The summed E-state index contributed by atoms with van der Waals surface area (Å²) in [6.07, 6.45) is 2.02. The molecule has 4 nitrogen and oxygen atoms in total. The van der Waals surface area contributed by atoms with Crippen molar-refractivity contribution in [2.24, 2.45) is 5.92 Å². The predicted molar refractivity (Wildman–Crippen MR) is 73.0 cm³/mol. The Labute approximate surface area is 116 Å². The number of halogens is 2. The molecule has 0 aliphatic carbocycles. The second kappa shape index (κ2) is 5.06. The van der Waals surface area contributed by atoms with E-state index in [2.05, 4.69) is 10.2 Å². The fraction of sp³-hybridized carbons (Fsp3) is 0.538. The van der Waals surface area contributed by atoms with Crippen molar-refractivity contribution in [2.45, 2.75) is 19.1 Å². The minimum absolute atomic E-state index is 0.0456. The molecule has 0 bridgehead atoms. The fourth-order valence-electron chi connectivity index (χ4n) is 2.67. The molecule has 0 aromatic carbocycles. The number of alkyl halides is 1. The summed E-state index contributed by atoms with van der Waals surface area (Å²) >= 11 is 5.81. The lowest BCUT2D eigenvalue weighted by molar-refractivity contribution is 0.0926. The van der Waals surface area contributed by atoms with Crippen molar-refractivity contribution in [3.8, 4) is 0 Å². The summed E-state index contributed by atoms with van der Waals surface area (Å²) in [5, 5.41) is 9.28. The van der Waals surface area contributed by atoms with Crippen LogP contribution in [0, 0.1) is 5.92 Å². The number of rotatable bonds is 2. The van der Waals surface area contributed by atoms with Crippen LogP contribution < -0.4 is 0 Å². The molecule has 1 aliphatic rings. The van der Waals surface area contributed by atoms with Crippen LogP contribution in [-0.4, -0.2) is 46.0 Å². The molecule has 2 atom stereocenters. The van der Waals surface area contributed by atoms with E-state index in [0.29, 0.717) is 18.2 Å². The van der Waals surface area contributed by atoms with E-state index in [1.807, 2.05) is 28.8 Å². The lowest BCUT2D eigenvalue weighted by Gasteiger charge is -2.32. The molecule has 3 heterocycles. The largest absolute Gasteiger partial charge is 0.331 e. The highest BCUT2D eigenvalue weighted by molar-refractivity contribution is 6.29. The number of piperidine rings is 1. The van der Waals surface area contributed by atoms with Crippen LogP contribution in [-0.2, 0) is 6.54 Å². The van der Waals surface area contributed by atoms with E-state index in [0.717, 1.165) is 24.0 Å². The van der Waals surface area contributed by atoms with Crippen molar-refractivity contribution in [1.82, 2.24) is 19.7 Å². The van der Waals surface area contributed by atoms with Gasteiger partial charge in [0.2, 0.25) is 0 Å². The first-order valence-electron chi connectivity index (χ1n) is 6.44. The third-order valence-corrected chi connectivity index (χ3v) is 3.97. The summed E-state index contributed by atoms with van der Waals surface area (Å²) in [6.45, 7) is 2.11. The molecular weight excluding hydrogens is 267 g/mol. The molecule has 0 saturated carbocycles. The molecule has 1 saturated heterocycles. The quantitative estimate of drug-likeness (QED) is 0.848. The summed E-state index contributed by atoms with van der Waals surface area (Å²) < 4.78 is 16.0. The van der Waals surface area contributed by atoms with E-state index >= 15 is 0 Å². The van der Waals surface area contributed by atoms with Gasteiger partial charge in [-0.2, -0.15) is 0 Å². The number of likely N-dealkylation sites (tertiary alicyclic amines) is 1. The standard InChI is InChI=1S/C13H16ClFN4/c1-18-4-2-10(11(15)8-18)7-19-5-3-9-6-12(14)16-17-13(9)19/h3,5-6,10-11H,2,4,7-8H2,1H3/t10-,11?/m0/s1. The van der Waals surface area contributed by atoms with Gasteiger partial charge in [0, 0.05) is 30.6 Å². The van der Waals surface area contributed by atoms with Crippen molar-refractivity contribution in [3.05, 3.63) is 23.5 Å². The Morgan fingerprint density at radius 1 is 1.47 bits per heavy atom. The van der Waals surface area contributed by atoms with Gasteiger partial charge in [-0.3, -0.25) is 0 Å². The lowest BCUT2D eigenvalue weighted by atomic mass is 9.95. The van der Waals surface area contributed by atoms with Gasteiger partial charge in [0.1, 0.15) is 6.17 Å². The van der Waals surface area contributed by atoms with Crippen LogP contribution in [0.1, 0.15) is 6.42 Å². The second-order valence-corrected chi connectivity index (χ2v) is 5.63. The van der Waals surface area contributed by atoms with Crippen LogP contribution in [0.4, 0.5) is 4.39 Å². The molecule has 3 rings (SSSR count). The summed E-state index contributed by atoms with van der Waals surface area (Å²) in [4.78, 5) is 2.04. The number of fused-ring (bicyclic) bond motifs is 1. The van der Waals surface area contributed by atoms with Gasteiger partial charge in [0.05, 0.1) is 0 Å². The highest BCUT2D eigenvalue weighted by atomic mass is 35.5. The topological polar surface area (TPSA) is 34.0 Å². The summed E-state index contributed by atoms with van der Waals surface area (Å²) in [5.41, 5.74) is 0.774. The van der Waals surface area contributed by atoms with E-state index in [1.54, 1.807) is 6.07 Å². The molecule has 2 aromatic heterocycles. The number of hydrogen-bond donors (Lipinski definition) is 0. The molecule has 0 spiro atoms. The maximum Gasteiger partial charge on any atom is 0.162 e. The average molecular weight is 283 g/mol. The smallest absolute Gasteiger partial charge is 0.162 e. The van der Waals surface area contributed by atoms with Crippen LogP contribution in [0.2, 0.25) is 5.15 Å². The third kappa shape index (κ3) is 2.58. The van der Waals surface area contributed by atoms with Gasteiger partial charge in [-0.1, -0.05) is 11.6 Å². The Hall–Kier alpha value is -1.20. The Morgan fingerprint density at radius 2 is 2.32 bits per heavy atom. The molecule has 6 heteroatoms. The highest BCUT2D eigenvalue weighted by Gasteiger charge is 2.28. The first-order chi connectivity index (χ1) is 9.13. The van der Waals surface area contributed by atoms with Crippen LogP contribution in [0.25, 0.3) is 11.0 Å². The first kappa shape index (κ1) is 12.8. The summed E-state index contributed by atoms with van der Waals surface area (Å²) in [7, 11) is 1.96. The average Bonchev–Trinajstić information content (AvgIpc) is 2.75. The Bertz CT molecular complexity index is 585. The van der Waals surface area contributed by atoms with Gasteiger partial charge < -0.3 is 9.47 Å². The molecule has 1 aliphatic heterocycles. The van der Waals surface area contributed by atoms with E-state index in [-0.39, 0.29) is 5.92 Å². The fourth-order valence-corrected chi connectivity index (χ4v) is 2.83. The van der Waals surface area contributed by atoms with E-state index < -0.39 is 6.17 Å². The zero-order chi connectivity index (χ0) is 13.4. The number of hydrogen-bond acceptors (Lipinski definition) is 3. The maximum atomic E-state index is 14.0. The van der Waals surface area contributed by atoms with Gasteiger partial charge in [-0.15, -0.1) is 10.2 Å². The SMILES string of the molecule is CN1CC[C@@H](Cn2ccc3cc(Cl)nnc32)C(F)C1. The molecule has 2 aromatic rings. The van der Waals surface area contributed by atoms with Crippen molar-refractivity contribution < 1.29 is 4.39 Å². The lowest BCUT2D eigenvalue weighted by Crippen LogP contribution is -2.40. The van der Waals surface area contributed by atoms with Crippen LogP contribution in [0.3, 0.4) is 0 Å². The van der Waals surface area contributed by atoms with Gasteiger partial charge in [0.15, 0.2) is 10.8 Å². The number of aromatic nitrogens is 3. The van der Waals surface area contributed by atoms with Crippen molar-refractivity contribution in [2.75, 3.05) is 20.1 Å². The zero-order valence-corrected chi connectivity index (χ0v) is 11.5. The molecule has 0 amide bonds.